The topological polar surface area (TPSA) is 0 Å². The Bertz CT molecular complexity index is 92.0. The molecular weight excluding hydrogens is 298 g/mol. The van der Waals surface area contributed by atoms with Crippen LogP contribution in [0.3, 0.4) is 0 Å². The predicted octanol–water partition coefficient (Wildman–Crippen LogP) is 3.44. The maximum atomic E-state index is 3.56. The van der Waals surface area contributed by atoms with Crippen molar-refractivity contribution < 1.29 is 65.4 Å². The fraction of sp³-hybridized carbons (Fsp3) is 0.200. The zero-order valence-corrected chi connectivity index (χ0v) is 14.1. The minimum Gasteiger partial charge on any atom is -0.372 e. The summed E-state index contributed by atoms with van der Waals surface area (Å²) in [5.74, 6) is 0. The molecule has 0 rings (SSSR count). The van der Waals surface area contributed by atoms with Gasteiger partial charge in [-0.2, -0.15) is 0 Å². The molecule has 0 aromatic heterocycles. The Hall–Kier alpha value is 1.30. The summed E-state index contributed by atoms with van der Waals surface area (Å²) in [6.07, 6.45) is 1.00. The van der Waals surface area contributed by atoms with Crippen LogP contribution in [-0.4, -0.2) is 0 Å². The van der Waals surface area contributed by atoms with Gasteiger partial charge in [0.25, 0.3) is 0 Å². The number of rotatable bonds is 1. The van der Waals surface area contributed by atoms with Crippen molar-refractivity contribution in [1.29, 1.82) is 0 Å². The van der Waals surface area contributed by atoms with Crippen LogP contribution in [0.2, 0.25) is 0 Å². The van der Waals surface area contributed by atoms with Gasteiger partial charge in [0.2, 0.25) is 0 Å². The molecule has 0 aliphatic rings. The van der Waals surface area contributed by atoms with Gasteiger partial charge in [0, 0.05) is 65.4 Å². The van der Waals surface area contributed by atoms with Gasteiger partial charge in [-0.1, -0.05) is 13.3 Å². The maximum absolute atomic E-state index is 3.56. The molecule has 2 radical (unpaired) electrons. The standard InChI is InChI=1S/C5H9.C4H6.CH3.2Y/c1-4-5(2)3;1-4(2)3;;;/h2-4H2,1H3;1-3H2;1H3;;/q-1;-2;-1;;. The molecule has 0 bridgehead atoms. The van der Waals surface area contributed by atoms with Gasteiger partial charge >= 0.3 is 0 Å². The van der Waals surface area contributed by atoms with Crippen LogP contribution in [0, 0.1) is 28.2 Å². The summed E-state index contributed by atoms with van der Waals surface area (Å²) in [6, 6.07) is 0. The van der Waals surface area contributed by atoms with Crippen LogP contribution in [0.4, 0.5) is 0 Å². The van der Waals surface area contributed by atoms with E-state index in [0.29, 0.717) is 5.57 Å². The molecule has 68 valence electrons. The molecule has 0 aromatic carbocycles. The zero-order valence-electron chi connectivity index (χ0n) is 8.40. The van der Waals surface area contributed by atoms with Crippen molar-refractivity contribution in [2.24, 2.45) is 0 Å². The first-order valence-electron chi connectivity index (χ1n) is 2.83. The monoisotopic (exact) mass is 316 g/mol. The maximum Gasteiger partial charge on any atom is 0 e. The first-order valence-corrected chi connectivity index (χ1v) is 2.83. The van der Waals surface area contributed by atoms with E-state index in [4.69, 9.17) is 0 Å². The van der Waals surface area contributed by atoms with Crippen molar-refractivity contribution in [2.45, 2.75) is 13.3 Å². The Balaban J connectivity index is -0.0000000221. The normalized spacial score (nSPS) is 5.08. The zero-order chi connectivity index (χ0) is 7.86. The summed E-state index contributed by atoms with van der Waals surface area (Å²) < 4.78 is 0. The van der Waals surface area contributed by atoms with E-state index in [9.17, 15) is 0 Å². The third-order valence-electron chi connectivity index (χ3n) is 0.500. The molecule has 0 aliphatic carbocycles. The van der Waals surface area contributed by atoms with Gasteiger partial charge in [0.1, 0.15) is 0 Å². The van der Waals surface area contributed by atoms with E-state index < -0.39 is 0 Å². The molecule has 12 heavy (non-hydrogen) atoms. The third-order valence-corrected chi connectivity index (χ3v) is 0.500. The minimum absolute atomic E-state index is 0. The van der Waals surface area contributed by atoms with Crippen molar-refractivity contribution in [1.82, 2.24) is 0 Å². The summed E-state index contributed by atoms with van der Waals surface area (Å²) in [4.78, 5) is 0. The van der Waals surface area contributed by atoms with Gasteiger partial charge in [-0.05, 0) is 0 Å². The fourth-order valence-corrected chi connectivity index (χ4v) is 0. The predicted molar refractivity (Wildman–Crippen MR) is 51.1 cm³/mol. The number of hydrogen-bond donors (Lipinski definition) is 0. The second kappa shape index (κ2) is 22.8. The molecule has 0 amide bonds. The summed E-state index contributed by atoms with van der Waals surface area (Å²) in [6.45, 7) is 19.2. The molecular formula is C10H18Y2-4. The van der Waals surface area contributed by atoms with Crippen LogP contribution in [-0.2, 0) is 65.4 Å². The van der Waals surface area contributed by atoms with E-state index in [2.05, 4.69) is 33.9 Å². The second-order valence-electron chi connectivity index (χ2n) is 1.85. The molecule has 0 saturated carbocycles. The summed E-state index contributed by atoms with van der Waals surface area (Å²) in [5, 5.41) is 0. The Morgan fingerprint density at radius 2 is 1.17 bits per heavy atom. The van der Waals surface area contributed by atoms with Crippen molar-refractivity contribution >= 4 is 0 Å². The molecule has 0 aromatic rings. The molecule has 0 fully saturated rings. The van der Waals surface area contributed by atoms with Gasteiger partial charge in [0.05, 0.1) is 0 Å². The molecule has 0 aliphatic heterocycles. The molecule has 0 heterocycles. The Morgan fingerprint density at radius 1 is 1.08 bits per heavy atom. The molecule has 0 unspecified atom stereocenters. The smallest absolute Gasteiger partial charge is 0 e. The second-order valence-corrected chi connectivity index (χ2v) is 1.85. The van der Waals surface area contributed by atoms with E-state index in [1.165, 1.54) is 0 Å². The van der Waals surface area contributed by atoms with Crippen LogP contribution in [0.15, 0.2) is 24.3 Å². The molecule has 2 heteroatoms. The van der Waals surface area contributed by atoms with Crippen LogP contribution in [0.1, 0.15) is 13.3 Å². The van der Waals surface area contributed by atoms with Crippen LogP contribution in [0.5, 0.6) is 0 Å². The van der Waals surface area contributed by atoms with Crippen LogP contribution < -0.4 is 0 Å². The molecule has 0 saturated heterocycles. The summed E-state index contributed by atoms with van der Waals surface area (Å²) in [7, 11) is 0. The van der Waals surface area contributed by atoms with Crippen LogP contribution >= 0.6 is 0 Å². The Labute approximate surface area is 129 Å². The van der Waals surface area contributed by atoms with E-state index >= 15 is 0 Å². The quantitative estimate of drug-likeness (QED) is 0.650. The van der Waals surface area contributed by atoms with Gasteiger partial charge < -0.3 is 33.4 Å². The van der Waals surface area contributed by atoms with Crippen molar-refractivity contribution in [3.63, 3.8) is 0 Å². The minimum atomic E-state index is 0. The molecule has 0 atom stereocenters. The van der Waals surface area contributed by atoms with Crippen molar-refractivity contribution in [3.05, 3.63) is 52.5 Å². The van der Waals surface area contributed by atoms with E-state index in [1.807, 2.05) is 6.92 Å². The molecule has 0 spiro atoms. The average Bonchev–Trinajstić information content (AvgIpc) is 1.65. The first-order chi connectivity index (χ1) is 4.00. The molecule has 0 N–H and O–H groups in total. The molecule has 0 nitrogen and oxygen atoms in total. The van der Waals surface area contributed by atoms with Crippen molar-refractivity contribution in [2.75, 3.05) is 0 Å². The van der Waals surface area contributed by atoms with Gasteiger partial charge in [-0.15, -0.1) is 0 Å². The fourth-order valence-electron chi connectivity index (χ4n) is 0. The van der Waals surface area contributed by atoms with Crippen LogP contribution in [0.25, 0.3) is 0 Å². The van der Waals surface area contributed by atoms with Crippen molar-refractivity contribution in [3.8, 4) is 0 Å². The first kappa shape index (κ1) is 29.2. The summed E-state index contributed by atoms with van der Waals surface area (Å²) >= 11 is 0. The van der Waals surface area contributed by atoms with Gasteiger partial charge in [-0.3, -0.25) is 0 Å². The van der Waals surface area contributed by atoms with Gasteiger partial charge in [-0.25, -0.2) is 19.1 Å². The van der Waals surface area contributed by atoms with E-state index in [1.54, 1.807) is 0 Å². The SMILES string of the molecule is C=C([CH2-])CC.C=C([CH2-])[CH2-].[CH3-].[Y].[Y]. The largest absolute Gasteiger partial charge is 0.372 e. The van der Waals surface area contributed by atoms with E-state index in [0.717, 1.165) is 12.0 Å². The van der Waals surface area contributed by atoms with Gasteiger partial charge in [0.15, 0.2) is 0 Å². The number of hydrogen-bond acceptors (Lipinski definition) is 0. The Morgan fingerprint density at radius 3 is 1.17 bits per heavy atom. The summed E-state index contributed by atoms with van der Waals surface area (Å²) in [5.41, 5.74) is 1.67. The number of allylic oxidation sites excluding steroid dienone is 2. The Kier molecular flexibility index (Phi) is 55.5. The average molecular weight is 316 g/mol. The van der Waals surface area contributed by atoms with E-state index in [-0.39, 0.29) is 72.8 Å². The third kappa shape index (κ3) is 110.